The summed E-state index contributed by atoms with van der Waals surface area (Å²) in [6.45, 7) is 7.54. The number of furan rings is 1. The van der Waals surface area contributed by atoms with E-state index in [4.69, 9.17) is 4.42 Å². The summed E-state index contributed by atoms with van der Waals surface area (Å²) in [6, 6.07) is 1.82. The highest BCUT2D eigenvalue weighted by atomic mass is 16.3. The molecule has 0 aromatic carbocycles. The van der Waals surface area contributed by atoms with Gasteiger partial charge in [0.05, 0.1) is 18.2 Å². The quantitative estimate of drug-likeness (QED) is 0.737. The van der Waals surface area contributed by atoms with Crippen LogP contribution in [0.3, 0.4) is 0 Å². The van der Waals surface area contributed by atoms with Crippen LogP contribution in [0.25, 0.3) is 5.69 Å². The molecule has 0 saturated heterocycles. The second kappa shape index (κ2) is 5.12. The second-order valence-electron chi connectivity index (χ2n) is 3.57. The van der Waals surface area contributed by atoms with E-state index in [9.17, 15) is 0 Å². The molecule has 4 heteroatoms. The predicted octanol–water partition coefficient (Wildman–Crippen LogP) is 2.70. The maximum absolute atomic E-state index is 4.98. The summed E-state index contributed by atoms with van der Waals surface area (Å²) in [7, 11) is 0. The number of rotatable bonds is 5. The molecule has 0 spiro atoms. The summed E-state index contributed by atoms with van der Waals surface area (Å²) < 4.78 is 6.65. The first-order valence-corrected chi connectivity index (χ1v) is 5.20. The van der Waals surface area contributed by atoms with Crippen LogP contribution in [0.5, 0.6) is 0 Å². The zero-order chi connectivity index (χ0) is 12.1. The lowest BCUT2D eigenvalue weighted by Gasteiger charge is -1.94. The summed E-state index contributed by atoms with van der Waals surface area (Å²) in [5.74, 6) is 0. The number of aromatic nitrogens is 3. The topological polar surface area (TPSA) is 43.9 Å². The lowest BCUT2D eigenvalue weighted by atomic mass is 10.1. The van der Waals surface area contributed by atoms with E-state index in [1.165, 1.54) is 0 Å². The van der Waals surface area contributed by atoms with Gasteiger partial charge >= 0.3 is 0 Å². The maximum atomic E-state index is 4.98. The van der Waals surface area contributed by atoms with Crippen molar-refractivity contribution in [1.82, 2.24) is 15.0 Å². The molecule has 2 aromatic rings. The molecule has 0 bridgehead atoms. The normalized spacial score (nSPS) is 10.8. The van der Waals surface area contributed by atoms with Crippen molar-refractivity contribution in [2.75, 3.05) is 0 Å². The standard InChI is InChI=1S/C13H13N3O/c1-3-4-5-11(2)8-12-9-16(15-14-12)13-6-7-17-10-13/h3-7,9-10H,1-2,8H2/b5-4-. The Morgan fingerprint density at radius 1 is 1.53 bits per heavy atom. The van der Waals surface area contributed by atoms with Gasteiger partial charge in [-0.05, 0) is 5.57 Å². The van der Waals surface area contributed by atoms with Crippen molar-refractivity contribution in [2.24, 2.45) is 0 Å². The van der Waals surface area contributed by atoms with Gasteiger partial charge in [0.2, 0.25) is 0 Å². The van der Waals surface area contributed by atoms with Crippen LogP contribution in [0.15, 0.2) is 66.2 Å². The Bertz CT molecular complexity index is 535. The third kappa shape index (κ3) is 2.81. The first kappa shape index (κ1) is 11.1. The zero-order valence-electron chi connectivity index (χ0n) is 9.41. The molecule has 0 radical (unpaired) electrons. The molecule has 0 aliphatic rings. The first-order chi connectivity index (χ1) is 8.29. The number of nitrogens with zero attached hydrogens (tertiary/aromatic N) is 3. The Balaban J connectivity index is 2.06. The third-order valence-corrected chi connectivity index (χ3v) is 2.19. The van der Waals surface area contributed by atoms with Gasteiger partial charge in [-0.25, -0.2) is 4.68 Å². The second-order valence-corrected chi connectivity index (χ2v) is 3.57. The Labute approximate surface area is 99.6 Å². The van der Waals surface area contributed by atoms with Crippen LogP contribution in [-0.4, -0.2) is 15.0 Å². The lowest BCUT2D eigenvalue weighted by Crippen LogP contribution is -1.91. The molecule has 0 fully saturated rings. The Kier molecular flexibility index (Phi) is 3.35. The van der Waals surface area contributed by atoms with E-state index in [0.29, 0.717) is 6.42 Å². The van der Waals surface area contributed by atoms with Crippen LogP contribution in [-0.2, 0) is 6.42 Å². The molecule has 2 aromatic heterocycles. The lowest BCUT2D eigenvalue weighted by molar-refractivity contribution is 0.564. The van der Waals surface area contributed by atoms with Crippen LogP contribution >= 0.6 is 0 Å². The number of allylic oxidation sites excluding steroid dienone is 4. The summed E-state index contributed by atoms with van der Waals surface area (Å²) in [5, 5.41) is 8.08. The van der Waals surface area contributed by atoms with Gasteiger partial charge in [0, 0.05) is 12.5 Å². The Morgan fingerprint density at radius 3 is 3.12 bits per heavy atom. The Morgan fingerprint density at radius 2 is 2.41 bits per heavy atom. The molecule has 2 heterocycles. The maximum Gasteiger partial charge on any atom is 0.116 e. The minimum absolute atomic E-state index is 0.669. The average Bonchev–Trinajstić information content (AvgIpc) is 2.95. The van der Waals surface area contributed by atoms with E-state index in [1.54, 1.807) is 23.3 Å². The summed E-state index contributed by atoms with van der Waals surface area (Å²) >= 11 is 0. The van der Waals surface area contributed by atoms with E-state index in [1.807, 2.05) is 24.4 Å². The predicted molar refractivity (Wildman–Crippen MR) is 65.8 cm³/mol. The molecule has 17 heavy (non-hydrogen) atoms. The van der Waals surface area contributed by atoms with Crippen LogP contribution in [0.2, 0.25) is 0 Å². The molecule has 2 rings (SSSR count). The van der Waals surface area contributed by atoms with Crippen molar-refractivity contribution >= 4 is 0 Å². The van der Waals surface area contributed by atoms with E-state index in [-0.39, 0.29) is 0 Å². The summed E-state index contributed by atoms with van der Waals surface area (Å²) in [5.41, 5.74) is 2.69. The third-order valence-electron chi connectivity index (χ3n) is 2.19. The van der Waals surface area contributed by atoms with Gasteiger partial charge in [0.1, 0.15) is 12.0 Å². The van der Waals surface area contributed by atoms with Gasteiger partial charge in [-0.3, -0.25) is 0 Å². The molecule has 0 saturated carbocycles. The average molecular weight is 227 g/mol. The molecular formula is C13H13N3O. The zero-order valence-corrected chi connectivity index (χ0v) is 9.41. The smallest absolute Gasteiger partial charge is 0.116 e. The van der Waals surface area contributed by atoms with Gasteiger partial charge in [-0.2, -0.15) is 0 Å². The van der Waals surface area contributed by atoms with Crippen molar-refractivity contribution < 1.29 is 4.42 Å². The molecule has 0 amide bonds. The minimum Gasteiger partial charge on any atom is -0.470 e. The van der Waals surface area contributed by atoms with Crippen LogP contribution < -0.4 is 0 Å². The van der Waals surface area contributed by atoms with Crippen molar-refractivity contribution in [1.29, 1.82) is 0 Å². The van der Waals surface area contributed by atoms with Crippen LogP contribution in [0, 0.1) is 0 Å². The van der Waals surface area contributed by atoms with Gasteiger partial charge < -0.3 is 4.42 Å². The van der Waals surface area contributed by atoms with Crippen molar-refractivity contribution in [2.45, 2.75) is 6.42 Å². The van der Waals surface area contributed by atoms with Crippen LogP contribution in [0.4, 0.5) is 0 Å². The fraction of sp³-hybridized carbons (Fsp3) is 0.0769. The minimum atomic E-state index is 0.669. The number of hydrogen-bond acceptors (Lipinski definition) is 3. The highest BCUT2D eigenvalue weighted by Gasteiger charge is 2.04. The fourth-order valence-electron chi connectivity index (χ4n) is 1.39. The molecule has 0 atom stereocenters. The molecule has 0 aliphatic carbocycles. The largest absolute Gasteiger partial charge is 0.470 e. The highest BCUT2D eigenvalue weighted by Crippen LogP contribution is 2.09. The van der Waals surface area contributed by atoms with E-state index < -0.39 is 0 Å². The highest BCUT2D eigenvalue weighted by molar-refractivity contribution is 5.27. The van der Waals surface area contributed by atoms with Gasteiger partial charge in [0.25, 0.3) is 0 Å². The van der Waals surface area contributed by atoms with E-state index in [0.717, 1.165) is 17.0 Å². The summed E-state index contributed by atoms with van der Waals surface area (Å²) in [4.78, 5) is 0. The van der Waals surface area contributed by atoms with E-state index >= 15 is 0 Å². The monoisotopic (exact) mass is 227 g/mol. The molecule has 4 nitrogen and oxygen atoms in total. The molecule has 0 unspecified atom stereocenters. The molecule has 86 valence electrons. The van der Waals surface area contributed by atoms with E-state index in [2.05, 4.69) is 23.5 Å². The SMILES string of the molecule is C=C/C=C\C(=C)Cc1cn(-c2ccoc2)nn1. The first-order valence-electron chi connectivity index (χ1n) is 5.20. The molecular weight excluding hydrogens is 214 g/mol. The molecule has 0 aliphatic heterocycles. The van der Waals surface area contributed by atoms with Gasteiger partial charge in [0.15, 0.2) is 0 Å². The van der Waals surface area contributed by atoms with Crippen molar-refractivity contribution in [3.63, 3.8) is 0 Å². The van der Waals surface area contributed by atoms with Gasteiger partial charge in [-0.1, -0.05) is 36.6 Å². The fourth-order valence-corrected chi connectivity index (χ4v) is 1.39. The Hall–Kier alpha value is -2.36. The van der Waals surface area contributed by atoms with Crippen molar-refractivity contribution in [3.05, 3.63) is 67.4 Å². The van der Waals surface area contributed by atoms with Crippen LogP contribution in [0.1, 0.15) is 5.69 Å². The van der Waals surface area contributed by atoms with Gasteiger partial charge in [-0.15, -0.1) is 5.10 Å². The van der Waals surface area contributed by atoms with Crippen molar-refractivity contribution in [3.8, 4) is 5.69 Å². The number of hydrogen-bond donors (Lipinski definition) is 0. The molecule has 0 N–H and O–H groups in total. The summed E-state index contributed by atoms with van der Waals surface area (Å²) in [6.07, 6.45) is 11.2.